The highest BCUT2D eigenvalue weighted by Crippen LogP contribution is 2.18. The molecule has 0 unspecified atom stereocenters. The van der Waals surface area contributed by atoms with E-state index < -0.39 is 10.0 Å². The third-order valence-electron chi connectivity index (χ3n) is 2.66. The van der Waals surface area contributed by atoms with Crippen molar-refractivity contribution in [2.75, 3.05) is 39.2 Å². The van der Waals surface area contributed by atoms with E-state index >= 15 is 0 Å². The number of benzene rings is 1. The summed E-state index contributed by atoms with van der Waals surface area (Å²) in [6.07, 6.45) is 1.56. The number of hydrogen-bond acceptors (Lipinski definition) is 4. The number of hydrogen-bond donors (Lipinski definition) is 1. The Labute approximate surface area is 114 Å². The molecule has 0 aliphatic rings. The zero-order chi connectivity index (χ0) is 14.3. The number of nitrogens with zero attached hydrogens (tertiary/aromatic N) is 1. The molecule has 1 N–H and O–H groups in total. The highest BCUT2D eigenvalue weighted by molar-refractivity contribution is 7.89. The molecule has 1 aromatic rings. The summed E-state index contributed by atoms with van der Waals surface area (Å²) >= 11 is 0. The first-order valence-electron chi connectivity index (χ1n) is 5.94. The molecule has 0 saturated heterocycles. The maximum absolute atomic E-state index is 12.4. The third-order valence-corrected chi connectivity index (χ3v) is 4.54. The van der Waals surface area contributed by atoms with Crippen LogP contribution in [0.2, 0.25) is 0 Å². The largest absolute Gasteiger partial charge is 0.388 e. The van der Waals surface area contributed by atoms with Gasteiger partial charge in [-0.25, -0.2) is 8.42 Å². The number of sulfonamides is 1. The normalized spacial score (nSPS) is 11.5. The average Bonchev–Trinajstić information content (AvgIpc) is 2.43. The smallest absolute Gasteiger partial charge is 0.243 e. The molecule has 0 amide bonds. The first-order valence-corrected chi connectivity index (χ1v) is 7.38. The molecule has 0 atom stereocenters. The van der Waals surface area contributed by atoms with E-state index in [0.717, 1.165) is 5.69 Å². The van der Waals surface area contributed by atoms with E-state index in [0.29, 0.717) is 13.2 Å². The number of methoxy groups -OCH3 is 1. The zero-order valence-corrected chi connectivity index (χ0v) is 12.1. The van der Waals surface area contributed by atoms with Crippen LogP contribution in [0.5, 0.6) is 0 Å². The minimum Gasteiger partial charge on any atom is -0.388 e. The second-order valence-corrected chi connectivity index (χ2v) is 5.86. The predicted octanol–water partition coefficient (Wildman–Crippen LogP) is 1.55. The van der Waals surface area contributed by atoms with Gasteiger partial charge in [0.05, 0.1) is 11.5 Å². The van der Waals surface area contributed by atoms with Gasteiger partial charge >= 0.3 is 0 Å². The van der Waals surface area contributed by atoms with Crippen LogP contribution < -0.4 is 5.32 Å². The van der Waals surface area contributed by atoms with Crippen LogP contribution in [0.4, 0.5) is 5.69 Å². The standard InChI is InChI=1S/C13H20N2O3S/c1-4-9-15(10-11-18-3)19(16,17)13-7-5-12(14-2)6-8-13/h4-8,14H,1,9-11H2,2-3H3. The van der Waals surface area contributed by atoms with Gasteiger partial charge in [0.2, 0.25) is 10.0 Å². The van der Waals surface area contributed by atoms with Gasteiger partial charge in [0, 0.05) is 32.9 Å². The monoisotopic (exact) mass is 284 g/mol. The summed E-state index contributed by atoms with van der Waals surface area (Å²) in [4.78, 5) is 0.268. The lowest BCUT2D eigenvalue weighted by Gasteiger charge is -2.20. The van der Waals surface area contributed by atoms with Gasteiger partial charge < -0.3 is 10.1 Å². The molecule has 0 bridgehead atoms. The fourth-order valence-corrected chi connectivity index (χ4v) is 2.98. The molecular weight excluding hydrogens is 264 g/mol. The van der Waals surface area contributed by atoms with E-state index in [9.17, 15) is 8.42 Å². The predicted molar refractivity (Wildman–Crippen MR) is 76.8 cm³/mol. The van der Waals surface area contributed by atoms with E-state index in [4.69, 9.17) is 4.74 Å². The number of nitrogens with one attached hydrogen (secondary N) is 1. The highest BCUT2D eigenvalue weighted by atomic mass is 32.2. The van der Waals surface area contributed by atoms with E-state index in [1.165, 1.54) is 4.31 Å². The Kier molecular flexibility index (Phi) is 6.01. The minimum atomic E-state index is -3.51. The molecule has 0 spiro atoms. The van der Waals surface area contributed by atoms with Crippen molar-refractivity contribution in [2.45, 2.75) is 4.90 Å². The van der Waals surface area contributed by atoms with Crippen LogP contribution in [0.25, 0.3) is 0 Å². The van der Waals surface area contributed by atoms with Crippen LogP contribution in [-0.4, -0.2) is 46.6 Å². The summed E-state index contributed by atoms with van der Waals surface area (Å²) in [5.74, 6) is 0. The second-order valence-electron chi connectivity index (χ2n) is 3.92. The Bertz CT molecular complexity index is 497. The first kappa shape index (κ1) is 15.7. The number of ether oxygens (including phenoxy) is 1. The molecule has 0 radical (unpaired) electrons. The van der Waals surface area contributed by atoms with Crippen LogP contribution >= 0.6 is 0 Å². The Morgan fingerprint density at radius 1 is 1.37 bits per heavy atom. The molecule has 5 nitrogen and oxygen atoms in total. The number of rotatable bonds is 8. The van der Waals surface area contributed by atoms with Crippen LogP contribution in [0.3, 0.4) is 0 Å². The van der Waals surface area contributed by atoms with Crippen molar-refractivity contribution in [3.63, 3.8) is 0 Å². The maximum atomic E-state index is 12.4. The molecule has 1 rings (SSSR count). The molecule has 106 valence electrons. The Balaban J connectivity index is 2.99. The SMILES string of the molecule is C=CCN(CCOC)S(=O)(=O)c1ccc(NC)cc1. The van der Waals surface area contributed by atoms with E-state index in [1.807, 2.05) is 0 Å². The molecule has 0 saturated carbocycles. The van der Waals surface area contributed by atoms with Crippen molar-refractivity contribution in [3.05, 3.63) is 36.9 Å². The van der Waals surface area contributed by atoms with Gasteiger partial charge in [-0.1, -0.05) is 6.08 Å². The van der Waals surface area contributed by atoms with Crippen molar-refractivity contribution in [1.29, 1.82) is 0 Å². The Hall–Kier alpha value is -1.37. The lowest BCUT2D eigenvalue weighted by Crippen LogP contribution is -2.34. The van der Waals surface area contributed by atoms with Crippen molar-refractivity contribution in [1.82, 2.24) is 4.31 Å². The lowest BCUT2D eigenvalue weighted by molar-refractivity contribution is 0.182. The summed E-state index contributed by atoms with van der Waals surface area (Å²) < 4.78 is 31.1. The molecule has 0 aromatic heterocycles. The average molecular weight is 284 g/mol. The minimum absolute atomic E-state index is 0.263. The second kappa shape index (κ2) is 7.28. The fourth-order valence-electron chi connectivity index (χ4n) is 1.59. The van der Waals surface area contributed by atoms with Gasteiger partial charge in [0.15, 0.2) is 0 Å². The molecule has 1 aromatic carbocycles. The van der Waals surface area contributed by atoms with Crippen LogP contribution in [0.15, 0.2) is 41.8 Å². The van der Waals surface area contributed by atoms with E-state index in [2.05, 4.69) is 11.9 Å². The molecule has 0 aliphatic carbocycles. The summed E-state index contributed by atoms with van der Waals surface area (Å²) in [5.41, 5.74) is 0.867. The zero-order valence-electron chi connectivity index (χ0n) is 11.3. The molecular formula is C13H20N2O3S. The molecule has 0 aliphatic heterocycles. The van der Waals surface area contributed by atoms with Crippen molar-refractivity contribution in [3.8, 4) is 0 Å². The van der Waals surface area contributed by atoms with Gasteiger partial charge in [0.1, 0.15) is 0 Å². The van der Waals surface area contributed by atoms with E-state index in [-0.39, 0.29) is 11.4 Å². The molecule has 0 fully saturated rings. The lowest BCUT2D eigenvalue weighted by atomic mass is 10.3. The topological polar surface area (TPSA) is 58.6 Å². The van der Waals surface area contributed by atoms with Gasteiger partial charge in [-0.2, -0.15) is 4.31 Å². The van der Waals surface area contributed by atoms with Gasteiger partial charge in [-0.3, -0.25) is 0 Å². The van der Waals surface area contributed by atoms with Crippen molar-refractivity contribution in [2.24, 2.45) is 0 Å². The summed E-state index contributed by atoms with van der Waals surface area (Å²) in [7, 11) is -0.180. The van der Waals surface area contributed by atoms with Crippen molar-refractivity contribution < 1.29 is 13.2 Å². The Morgan fingerprint density at radius 3 is 2.47 bits per heavy atom. The highest BCUT2D eigenvalue weighted by Gasteiger charge is 2.22. The van der Waals surface area contributed by atoms with Crippen LogP contribution in [0, 0.1) is 0 Å². The summed E-state index contributed by atoms with van der Waals surface area (Å²) in [5, 5.41) is 2.95. The van der Waals surface area contributed by atoms with Crippen molar-refractivity contribution >= 4 is 15.7 Å². The molecule has 19 heavy (non-hydrogen) atoms. The third kappa shape index (κ3) is 4.05. The number of anilines is 1. The fraction of sp³-hybridized carbons (Fsp3) is 0.385. The quantitative estimate of drug-likeness (QED) is 0.736. The van der Waals surface area contributed by atoms with Crippen LogP contribution in [-0.2, 0) is 14.8 Å². The van der Waals surface area contributed by atoms with Gasteiger partial charge in [-0.15, -0.1) is 6.58 Å². The molecule has 6 heteroatoms. The maximum Gasteiger partial charge on any atom is 0.243 e. The first-order chi connectivity index (χ1) is 9.06. The van der Waals surface area contributed by atoms with Crippen LogP contribution in [0.1, 0.15) is 0 Å². The molecule has 0 heterocycles. The van der Waals surface area contributed by atoms with E-state index in [1.54, 1.807) is 44.5 Å². The Morgan fingerprint density at radius 2 is 2.00 bits per heavy atom. The van der Waals surface area contributed by atoms with Gasteiger partial charge in [0.25, 0.3) is 0 Å². The summed E-state index contributed by atoms with van der Waals surface area (Å²) in [6.45, 7) is 4.50. The van der Waals surface area contributed by atoms with Gasteiger partial charge in [-0.05, 0) is 24.3 Å². The summed E-state index contributed by atoms with van der Waals surface area (Å²) in [6, 6.07) is 6.64.